The van der Waals surface area contributed by atoms with Gasteiger partial charge in [0.25, 0.3) is 0 Å². The lowest BCUT2D eigenvalue weighted by molar-refractivity contribution is -0.151. The molecule has 0 heterocycles. The van der Waals surface area contributed by atoms with Crippen LogP contribution in [0.15, 0.2) is 34.9 Å². The smallest absolute Gasteiger partial charge is 0.412 e. The van der Waals surface area contributed by atoms with E-state index in [4.69, 9.17) is 4.74 Å². The number of esters is 1. The highest BCUT2D eigenvalue weighted by Crippen LogP contribution is 2.53. The number of halogens is 3. The lowest BCUT2D eigenvalue weighted by Gasteiger charge is -2.24. The molecule has 120 valence electrons. The summed E-state index contributed by atoms with van der Waals surface area (Å²) in [4.78, 5) is 23.9. The standard InChI is InChI=1S/C16H17F3O3/c1-4-22-14(21)15(10(3)20)8-13(15)12-6-5-11(7-9(12)2)16(17,18)19/h5-6,8-9H,4,7H2,1-3H3. The van der Waals surface area contributed by atoms with Crippen LogP contribution in [0.25, 0.3) is 0 Å². The van der Waals surface area contributed by atoms with Crippen molar-refractivity contribution in [1.82, 2.24) is 0 Å². The van der Waals surface area contributed by atoms with Crippen molar-refractivity contribution in [2.45, 2.75) is 33.4 Å². The molecule has 6 heteroatoms. The topological polar surface area (TPSA) is 43.4 Å². The van der Waals surface area contributed by atoms with Crippen LogP contribution in [0, 0.1) is 11.3 Å². The molecule has 0 amide bonds. The van der Waals surface area contributed by atoms with Gasteiger partial charge in [-0.15, -0.1) is 0 Å². The van der Waals surface area contributed by atoms with Crippen molar-refractivity contribution in [2.24, 2.45) is 11.3 Å². The molecule has 0 N–H and O–H groups in total. The van der Waals surface area contributed by atoms with Gasteiger partial charge in [0.1, 0.15) is 0 Å². The molecular formula is C16H17F3O3. The average Bonchev–Trinajstić information content (AvgIpc) is 3.14. The summed E-state index contributed by atoms with van der Waals surface area (Å²) < 4.78 is 43.1. The van der Waals surface area contributed by atoms with Crippen molar-refractivity contribution >= 4 is 11.8 Å². The van der Waals surface area contributed by atoms with Crippen LogP contribution in [0.2, 0.25) is 0 Å². The van der Waals surface area contributed by atoms with E-state index in [1.165, 1.54) is 19.1 Å². The molecule has 0 aromatic carbocycles. The van der Waals surface area contributed by atoms with E-state index in [1.807, 2.05) is 0 Å². The summed E-state index contributed by atoms with van der Waals surface area (Å²) in [5.74, 6) is -1.45. The van der Waals surface area contributed by atoms with Crippen molar-refractivity contribution in [1.29, 1.82) is 0 Å². The Hall–Kier alpha value is -1.85. The Morgan fingerprint density at radius 3 is 2.45 bits per heavy atom. The normalized spacial score (nSPS) is 27.5. The minimum Gasteiger partial charge on any atom is -0.465 e. The summed E-state index contributed by atoms with van der Waals surface area (Å²) in [5.41, 5.74) is -0.936. The number of carbonyl (C=O) groups is 2. The van der Waals surface area contributed by atoms with E-state index in [0.29, 0.717) is 11.1 Å². The van der Waals surface area contributed by atoms with Gasteiger partial charge in [0, 0.05) is 5.57 Å². The molecule has 2 atom stereocenters. The number of carbonyl (C=O) groups excluding carboxylic acids is 2. The molecule has 0 spiro atoms. The van der Waals surface area contributed by atoms with Crippen LogP contribution < -0.4 is 0 Å². The third-order valence-corrected chi connectivity index (χ3v) is 4.05. The SMILES string of the molecule is CCOC(=O)C1(C(C)=O)C=C1C1=CC=C(C(F)(F)F)CC1C. The molecule has 0 aromatic heterocycles. The Morgan fingerprint density at radius 1 is 1.36 bits per heavy atom. The van der Waals surface area contributed by atoms with Gasteiger partial charge < -0.3 is 4.74 Å². The molecule has 2 aliphatic carbocycles. The summed E-state index contributed by atoms with van der Waals surface area (Å²) in [6.45, 7) is 4.71. The fourth-order valence-electron chi connectivity index (χ4n) is 2.77. The lowest BCUT2D eigenvalue weighted by atomic mass is 9.82. The van der Waals surface area contributed by atoms with Crippen LogP contribution in [0.3, 0.4) is 0 Å². The second kappa shape index (κ2) is 5.41. The van der Waals surface area contributed by atoms with Crippen LogP contribution >= 0.6 is 0 Å². The number of ether oxygens (including phenoxy) is 1. The highest BCUT2D eigenvalue weighted by molar-refractivity contribution is 6.14. The maximum Gasteiger partial charge on any atom is 0.412 e. The molecular weight excluding hydrogens is 297 g/mol. The maximum atomic E-state index is 12.7. The minimum atomic E-state index is -4.35. The van der Waals surface area contributed by atoms with Gasteiger partial charge in [0.05, 0.1) is 6.61 Å². The second-order valence-electron chi connectivity index (χ2n) is 5.56. The number of hydrogen-bond acceptors (Lipinski definition) is 3. The maximum absolute atomic E-state index is 12.7. The largest absolute Gasteiger partial charge is 0.465 e. The van der Waals surface area contributed by atoms with E-state index in [2.05, 4.69) is 0 Å². The van der Waals surface area contributed by atoms with Gasteiger partial charge >= 0.3 is 12.1 Å². The molecule has 0 fully saturated rings. The molecule has 2 unspecified atom stereocenters. The number of Topliss-reactive ketones (excluding diaryl/α,β-unsaturated/α-hetero) is 1. The van der Waals surface area contributed by atoms with Gasteiger partial charge in [-0.25, -0.2) is 0 Å². The van der Waals surface area contributed by atoms with Crippen molar-refractivity contribution in [2.75, 3.05) is 6.61 Å². The minimum absolute atomic E-state index is 0.141. The Morgan fingerprint density at radius 2 is 2.00 bits per heavy atom. The summed E-state index contributed by atoms with van der Waals surface area (Å²) in [7, 11) is 0. The molecule has 2 aliphatic rings. The van der Waals surface area contributed by atoms with Crippen molar-refractivity contribution in [3.05, 3.63) is 34.9 Å². The molecule has 0 saturated heterocycles. The zero-order valence-corrected chi connectivity index (χ0v) is 12.6. The third kappa shape index (κ3) is 2.62. The number of allylic oxidation sites excluding steroid dienone is 4. The third-order valence-electron chi connectivity index (χ3n) is 4.05. The summed E-state index contributed by atoms with van der Waals surface area (Å²) >= 11 is 0. The quantitative estimate of drug-likeness (QED) is 0.589. The van der Waals surface area contributed by atoms with Gasteiger partial charge in [0.15, 0.2) is 11.2 Å². The Bertz CT molecular complexity index is 611. The van der Waals surface area contributed by atoms with Gasteiger partial charge in [-0.2, -0.15) is 13.2 Å². The van der Waals surface area contributed by atoms with Crippen LogP contribution in [0.1, 0.15) is 27.2 Å². The van der Waals surface area contributed by atoms with E-state index < -0.39 is 29.1 Å². The lowest BCUT2D eigenvalue weighted by Crippen LogP contribution is -2.30. The first-order chi connectivity index (χ1) is 10.1. The zero-order chi connectivity index (χ0) is 16.7. The fraction of sp³-hybridized carbons (Fsp3) is 0.500. The highest BCUT2D eigenvalue weighted by atomic mass is 19.4. The fourth-order valence-corrected chi connectivity index (χ4v) is 2.77. The van der Waals surface area contributed by atoms with E-state index >= 15 is 0 Å². The summed E-state index contributed by atoms with van der Waals surface area (Å²) in [5, 5.41) is 0. The first kappa shape index (κ1) is 16.5. The van der Waals surface area contributed by atoms with Crippen molar-refractivity contribution in [3.8, 4) is 0 Å². The second-order valence-corrected chi connectivity index (χ2v) is 5.56. The molecule has 0 bridgehead atoms. The number of rotatable bonds is 4. The monoisotopic (exact) mass is 314 g/mol. The van der Waals surface area contributed by atoms with Gasteiger partial charge in [-0.3, -0.25) is 9.59 Å². The molecule has 0 radical (unpaired) electrons. The highest BCUT2D eigenvalue weighted by Gasteiger charge is 2.58. The molecule has 0 aliphatic heterocycles. The van der Waals surface area contributed by atoms with Gasteiger partial charge in [-0.05, 0) is 37.3 Å². The molecule has 0 aromatic rings. The predicted octanol–water partition coefficient (Wildman–Crippen LogP) is 3.52. The van der Waals surface area contributed by atoms with E-state index in [-0.39, 0.29) is 18.8 Å². The van der Waals surface area contributed by atoms with Gasteiger partial charge in [-0.1, -0.05) is 25.2 Å². The van der Waals surface area contributed by atoms with Crippen molar-refractivity contribution < 1.29 is 27.5 Å². The summed E-state index contributed by atoms with van der Waals surface area (Å²) in [6, 6.07) is 0. The van der Waals surface area contributed by atoms with E-state index in [1.54, 1.807) is 13.8 Å². The number of alkyl halides is 3. The van der Waals surface area contributed by atoms with E-state index in [9.17, 15) is 22.8 Å². The zero-order valence-electron chi connectivity index (χ0n) is 12.6. The molecule has 2 rings (SSSR count). The first-order valence-electron chi connectivity index (χ1n) is 7.04. The first-order valence-corrected chi connectivity index (χ1v) is 7.04. The van der Waals surface area contributed by atoms with Crippen LogP contribution in [0.4, 0.5) is 13.2 Å². The molecule has 0 saturated carbocycles. The average molecular weight is 314 g/mol. The van der Waals surface area contributed by atoms with Crippen molar-refractivity contribution in [3.63, 3.8) is 0 Å². The van der Waals surface area contributed by atoms with Crippen LogP contribution in [-0.4, -0.2) is 24.5 Å². The summed E-state index contributed by atoms with van der Waals surface area (Å²) in [6.07, 6.45) is -0.657. The number of hydrogen-bond donors (Lipinski definition) is 0. The Labute approximate surface area is 126 Å². The van der Waals surface area contributed by atoms with Crippen LogP contribution in [0.5, 0.6) is 0 Å². The van der Waals surface area contributed by atoms with Gasteiger partial charge in [0.2, 0.25) is 0 Å². The molecule has 3 nitrogen and oxygen atoms in total. The van der Waals surface area contributed by atoms with Crippen LogP contribution in [-0.2, 0) is 14.3 Å². The van der Waals surface area contributed by atoms with E-state index in [0.717, 1.165) is 6.08 Å². The molecule has 22 heavy (non-hydrogen) atoms. The Balaban J connectivity index is 2.29. The predicted molar refractivity (Wildman–Crippen MR) is 73.8 cm³/mol. The number of ketones is 1. The Kier molecular flexibility index (Phi) is 4.06.